The first-order chi connectivity index (χ1) is 8.66. The highest BCUT2D eigenvalue weighted by Gasteiger charge is 2.06. The lowest BCUT2D eigenvalue weighted by Gasteiger charge is -2.06. The molecular weight excluding hydrogens is 273 g/mol. The van der Waals surface area contributed by atoms with Crippen LogP contribution in [-0.4, -0.2) is 12.3 Å². The molecule has 2 aromatic rings. The monoisotopic (exact) mass is 283 g/mol. The molecule has 0 saturated heterocycles. The number of nitrogens with one attached hydrogen (secondary N) is 1. The van der Waals surface area contributed by atoms with Crippen LogP contribution in [0.2, 0.25) is 5.02 Å². The summed E-state index contributed by atoms with van der Waals surface area (Å²) >= 11 is 7.09. The summed E-state index contributed by atoms with van der Waals surface area (Å²) in [7, 11) is 0. The Morgan fingerprint density at radius 2 is 2.22 bits per heavy atom. The number of hydrogen-bond donors (Lipinski definition) is 1. The number of thiophene rings is 1. The Hall–Kier alpha value is -1.39. The average molecular weight is 284 g/mol. The highest BCUT2D eigenvalue weighted by atomic mass is 35.5. The van der Waals surface area contributed by atoms with Crippen LogP contribution in [0.15, 0.2) is 35.7 Å². The van der Waals surface area contributed by atoms with Gasteiger partial charge in [-0.05, 0) is 29.6 Å². The number of benzene rings is 1. The molecule has 0 aliphatic rings. The van der Waals surface area contributed by atoms with Crippen molar-refractivity contribution in [3.8, 4) is 0 Å². The van der Waals surface area contributed by atoms with E-state index in [2.05, 4.69) is 5.32 Å². The molecule has 2 nitrogen and oxygen atoms in total. The van der Waals surface area contributed by atoms with Gasteiger partial charge in [0.05, 0.1) is 9.90 Å². The average Bonchev–Trinajstić information content (AvgIpc) is 2.87. The molecule has 0 atom stereocenters. The van der Waals surface area contributed by atoms with E-state index >= 15 is 0 Å². The summed E-state index contributed by atoms with van der Waals surface area (Å²) in [6.07, 6.45) is 0.398. The van der Waals surface area contributed by atoms with Crippen molar-refractivity contribution in [2.75, 3.05) is 11.9 Å². The summed E-state index contributed by atoms with van der Waals surface area (Å²) in [6.45, 7) is 0.499. The van der Waals surface area contributed by atoms with Gasteiger partial charge in [0.2, 0.25) is 0 Å². The quantitative estimate of drug-likeness (QED) is 0.832. The highest BCUT2D eigenvalue weighted by molar-refractivity contribution is 7.12. The number of carbonyl (C=O) groups is 1. The van der Waals surface area contributed by atoms with Gasteiger partial charge in [0.15, 0.2) is 5.78 Å². The Labute approximate surface area is 113 Å². The fourth-order valence-electron chi connectivity index (χ4n) is 1.49. The zero-order chi connectivity index (χ0) is 13.0. The third-order valence-electron chi connectivity index (χ3n) is 2.40. The van der Waals surface area contributed by atoms with Gasteiger partial charge in [-0.2, -0.15) is 0 Å². The van der Waals surface area contributed by atoms with Gasteiger partial charge in [0.1, 0.15) is 5.82 Å². The van der Waals surface area contributed by atoms with Crippen molar-refractivity contribution in [1.82, 2.24) is 0 Å². The lowest BCUT2D eigenvalue weighted by atomic mass is 10.2. The van der Waals surface area contributed by atoms with E-state index in [0.717, 1.165) is 4.88 Å². The fraction of sp³-hybridized carbons (Fsp3) is 0.154. The van der Waals surface area contributed by atoms with E-state index in [9.17, 15) is 9.18 Å². The van der Waals surface area contributed by atoms with Crippen molar-refractivity contribution < 1.29 is 9.18 Å². The van der Waals surface area contributed by atoms with Gasteiger partial charge >= 0.3 is 0 Å². The van der Waals surface area contributed by atoms with Gasteiger partial charge in [-0.3, -0.25) is 4.79 Å². The van der Waals surface area contributed by atoms with Crippen molar-refractivity contribution in [2.24, 2.45) is 0 Å². The van der Waals surface area contributed by atoms with Crippen molar-refractivity contribution in [1.29, 1.82) is 0 Å². The van der Waals surface area contributed by atoms with Gasteiger partial charge in [-0.25, -0.2) is 4.39 Å². The number of Topliss-reactive ketones (excluding diaryl/α,β-unsaturated/α-hetero) is 1. The molecule has 1 aromatic heterocycles. The van der Waals surface area contributed by atoms with Crippen LogP contribution in [-0.2, 0) is 0 Å². The summed E-state index contributed by atoms with van der Waals surface area (Å²) < 4.78 is 12.9. The van der Waals surface area contributed by atoms with Crippen molar-refractivity contribution in [2.45, 2.75) is 6.42 Å². The molecule has 5 heteroatoms. The number of hydrogen-bond acceptors (Lipinski definition) is 3. The van der Waals surface area contributed by atoms with Gasteiger partial charge in [0.25, 0.3) is 0 Å². The molecule has 0 unspecified atom stereocenters. The van der Waals surface area contributed by atoms with Crippen LogP contribution in [0.5, 0.6) is 0 Å². The van der Waals surface area contributed by atoms with Gasteiger partial charge in [-0.1, -0.05) is 17.7 Å². The summed E-state index contributed by atoms with van der Waals surface area (Å²) in [4.78, 5) is 12.5. The van der Waals surface area contributed by atoms with Gasteiger partial charge in [-0.15, -0.1) is 11.3 Å². The number of carbonyl (C=O) groups excluding carboxylic acids is 1. The van der Waals surface area contributed by atoms with Crippen LogP contribution in [0.3, 0.4) is 0 Å². The van der Waals surface area contributed by atoms with Crippen LogP contribution in [0.1, 0.15) is 16.1 Å². The Kier molecular flexibility index (Phi) is 4.33. The lowest BCUT2D eigenvalue weighted by molar-refractivity contribution is 0.0990. The van der Waals surface area contributed by atoms with Crippen LogP contribution in [0.25, 0.3) is 0 Å². The number of rotatable bonds is 5. The largest absolute Gasteiger partial charge is 0.385 e. The molecule has 18 heavy (non-hydrogen) atoms. The second-order valence-corrected chi connectivity index (χ2v) is 5.06. The van der Waals surface area contributed by atoms with Crippen molar-refractivity contribution >= 4 is 34.4 Å². The van der Waals surface area contributed by atoms with E-state index in [-0.39, 0.29) is 10.8 Å². The molecule has 0 fully saturated rings. The molecule has 0 bridgehead atoms. The van der Waals surface area contributed by atoms with Crippen LogP contribution >= 0.6 is 22.9 Å². The highest BCUT2D eigenvalue weighted by Crippen LogP contribution is 2.19. The third kappa shape index (κ3) is 3.31. The van der Waals surface area contributed by atoms with E-state index in [4.69, 9.17) is 11.6 Å². The summed E-state index contributed by atoms with van der Waals surface area (Å²) in [5.74, 6) is -0.345. The van der Waals surface area contributed by atoms with Gasteiger partial charge in [0, 0.05) is 18.7 Å². The molecule has 0 aliphatic carbocycles. The zero-order valence-electron chi connectivity index (χ0n) is 9.45. The summed E-state index contributed by atoms with van der Waals surface area (Å²) in [5.41, 5.74) is 0.709. The molecule has 0 spiro atoms. The molecular formula is C13H11ClFNOS. The van der Waals surface area contributed by atoms with E-state index in [0.29, 0.717) is 18.7 Å². The van der Waals surface area contributed by atoms with Crippen LogP contribution in [0, 0.1) is 5.82 Å². The normalized spacial score (nSPS) is 10.3. The maximum absolute atomic E-state index is 12.9. The molecule has 0 radical (unpaired) electrons. The van der Waals surface area contributed by atoms with Crippen LogP contribution in [0.4, 0.5) is 10.1 Å². The summed E-state index contributed by atoms with van der Waals surface area (Å²) in [5, 5.41) is 4.99. The van der Waals surface area contributed by atoms with Crippen molar-refractivity contribution in [3.63, 3.8) is 0 Å². The van der Waals surface area contributed by atoms with Gasteiger partial charge < -0.3 is 5.32 Å². The Morgan fingerprint density at radius 1 is 1.39 bits per heavy atom. The maximum atomic E-state index is 12.9. The Balaban J connectivity index is 1.85. The first kappa shape index (κ1) is 13.1. The maximum Gasteiger partial charge on any atom is 0.174 e. The lowest BCUT2D eigenvalue weighted by Crippen LogP contribution is -2.07. The minimum absolute atomic E-state index is 0.0737. The zero-order valence-corrected chi connectivity index (χ0v) is 11.0. The number of ketones is 1. The predicted molar refractivity (Wildman–Crippen MR) is 73.2 cm³/mol. The molecule has 1 heterocycles. The smallest absolute Gasteiger partial charge is 0.174 e. The van der Waals surface area contributed by atoms with E-state index in [1.807, 2.05) is 17.5 Å². The molecule has 0 saturated carbocycles. The first-order valence-electron chi connectivity index (χ1n) is 5.42. The molecule has 94 valence electrons. The minimum atomic E-state index is -0.447. The van der Waals surface area contributed by atoms with E-state index < -0.39 is 5.82 Å². The summed E-state index contributed by atoms with van der Waals surface area (Å²) in [6, 6.07) is 8.06. The standard InChI is InChI=1S/C13H11ClFNOS/c14-10-8-9(3-4-11(10)15)16-6-5-12(17)13-2-1-7-18-13/h1-4,7-8,16H,5-6H2. The first-order valence-corrected chi connectivity index (χ1v) is 6.68. The predicted octanol–water partition coefficient (Wildman–Crippen LogP) is 4.23. The molecule has 0 amide bonds. The van der Waals surface area contributed by atoms with Crippen molar-refractivity contribution in [3.05, 3.63) is 51.4 Å². The Morgan fingerprint density at radius 3 is 2.89 bits per heavy atom. The molecule has 1 N–H and O–H groups in total. The number of anilines is 1. The van der Waals surface area contributed by atoms with Crippen LogP contribution < -0.4 is 5.32 Å². The minimum Gasteiger partial charge on any atom is -0.385 e. The second-order valence-electron chi connectivity index (χ2n) is 3.71. The molecule has 0 aliphatic heterocycles. The van der Waals surface area contributed by atoms with E-state index in [1.165, 1.54) is 23.5 Å². The number of halogens is 2. The topological polar surface area (TPSA) is 29.1 Å². The molecule has 1 aromatic carbocycles. The Bertz CT molecular complexity index is 542. The molecule has 2 rings (SSSR count). The third-order valence-corrected chi connectivity index (χ3v) is 3.60. The SMILES string of the molecule is O=C(CCNc1ccc(F)c(Cl)c1)c1cccs1. The van der Waals surface area contributed by atoms with E-state index in [1.54, 1.807) is 6.07 Å². The fourth-order valence-corrected chi connectivity index (χ4v) is 2.36. The second kappa shape index (κ2) is 5.98.